The van der Waals surface area contributed by atoms with Crippen LogP contribution >= 0.6 is 11.3 Å². The number of nitrogens with one attached hydrogen (secondary N) is 1. The van der Waals surface area contributed by atoms with Crippen LogP contribution in [0.15, 0.2) is 60.0 Å². The molecule has 1 heterocycles. The maximum Gasteiger partial charge on any atom is 0.341 e. The Labute approximate surface area is 177 Å². The van der Waals surface area contributed by atoms with Gasteiger partial charge in [-0.3, -0.25) is 4.79 Å². The highest BCUT2D eigenvalue weighted by Crippen LogP contribution is 2.36. The lowest BCUT2D eigenvalue weighted by Gasteiger charge is -2.08. The van der Waals surface area contributed by atoms with Gasteiger partial charge in [-0.15, -0.1) is 11.3 Å². The summed E-state index contributed by atoms with van der Waals surface area (Å²) in [5, 5.41) is 4.93. The second-order valence-electron chi connectivity index (χ2n) is 6.18. The normalized spacial score (nSPS) is 10.8. The van der Waals surface area contributed by atoms with Crippen molar-refractivity contribution in [1.82, 2.24) is 0 Å². The molecule has 0 unspecified atom stereocenters. The maximum atomic E-state index is 13.0. The van der Waals surface area contributed by atoms with E-state index in [1.165, 1.54) is 29.5 Å². The van der Waals surface area contributed by atoms with Crippen LogP contribution in [0.5, 0.6) is 5.75 Å². The summed E-state index contributed by atoms with van der Waals surface area (Å²) in [4.78, 5) is 25.0. The molecule has 0 bridgehead atoms. The van der Waals surface area contributed by atoms with Crippen molar-refractivity contribution in [1.29, 1.82) is 0 Å². The Morgan fingerprint density at radius 1 is 1.10 bits per heavy atom. The molecule has 0 aliphatic heterocycles. The van der Waals surface area contributed by atoms with E-state index >= 15 is 0 Å². The molecule has 1 amide bonds. The molecule has 0 atom stereocenters. The number of esters is 1. The van der Waals surface area contributed by atoms with Crippen molar-refractivity contribution in [3.63, 3.8) is 0 Å². The number of anilines is 1. The molecule has 30 heavy (non-hydrogen) atoms. The van der Waals surface area contributed by atoms with Crippen LogP contribution in [-0.4, -0.2) is 25.6 Å². The van der Waals surface area contributed by atoms with Gasteiger partial charge in [0.05, 0.1) is 13.7 Å². The molecule has 0 aliphatic carbocycles. The molecule has 154 valence electrons. The Morgan fingerprint density at radius 2 is 1.80 bits per heavy atom. The van der Waals surface area contributed by atoms with E-state index in [1.54, 1.807) is 49.8 Å². The minimum Gasteiger partial charge on any atom is -0.497 e. The molecule has 2 aromatic carbocycles. The minimum absolute atomic E-state index is 0.217. The van der Waals surface area contributed by atoms with Crippen LogP contribution in [0.1, 0.15) is 22.8 Å². The van der Waals surface area contributed by atoms with Crippen molar-refractivity contribution >= 4 is 34.3 Å². The summed E-state index contributed by atoms with van der Waals surface area (Å²) in [6.07, 6.45) is 2.89. The van der Waals surface area contributed by atoms with Gasteiger partial charge in [-0.05, 0) is 48.4 Å². The lowest BCUT2D eigenvalue weighted by Crippen LogP contribution is -2.12. The van der Waals surface area contributed by atoms with Crippen molar-refractivity contribution in [3.8, 4) is 16.9 Å². The van der Waals surface area contributed by atoms with Crippen molar-refractivity contribution in [2.24, 2.45) is 0 Å². The molecule has 1 aromatic heterocycles. The first-order valence-electron chi connectivity index (χ1n) is 9.19. The van der Waals surface area contributed by atoms with Gasteiger partial charge in [0.25, 0.3) is 0 Å². The first kappa shape index (κ1) is 21.3. The molecule has 1 N–H and O–H groups in total. The fourth-order valence-corrected chi connectivity index (χ4v) is 3.70. The largest absolute Gasteiger partial charge is 0.497 e. The molecule has 0 aliphatic rings. The molecule has 5 nitrogen and oxygen atoms in total. The van der Waals surface area contributed by atoms with Gasteiger partial charge in [0.1, 0.15) is 22.1 Å². The number of amides is 1. The summed E-state index contributed by atoms with van der Waals surface area (Å²) in [6, 6.07) is 13.0. The van der Waals surface area contributed by atoms with Crippen LogP contribution < -0.4 is 10.1 Å². The summed E-state index contributed by atoms with van der Waals surface area (Å²) in [7, 11) is 1.58. The number of methoxy groups -OCH3 is 1. The van der Waals surface area contributed by atoms with Crippen molar-refractivity contribution < 1.29 is 23.5 Å². The Hall–Kier alpha value is -3.45. The van der Waals surface area contributed by atoms with E-state index in [-0.39, 0.29) is 12.4 Å². The van der Waals surface area contributed by atoms with Gasteiger partial charge in [0.15, 0.2) is 0 Å². The van der Waals surface area contributed by atoms with Gasteiger partial charge in [-0.2, -0.15) is 0 Å². The van der Waals surface area contributed by atoms with Gasteiger partial charge < -0.3 is 14.8 Å². The summed E-state index contributed by atoms with van der Waals surface area (Å²) < 4.78 is 23.4. The highest BCUT2D eigenvalue weighted by atomic mass is 32.1. The molecule has 0 spiro atoms. The number of hydrogen-bond donors (Lipinski definition) is 1. The topological polar surface area (TPSA) is 64.6 Å². The molecule has 7 heteroatoms. The Morgan fingerprint density at radius 3 is 2.43 bits per heavy atom. The second-order valence-corrected chi connectivity index (χ2v) is 7.06. The second kappa shape index (κ2) is 9.84. The molecule has 0 radical (unpaired) electrons. The van der Waals surface area contributed by atoms with Crippen LogP contribution in [0.2, 0.25) is 0 Å². The van der Waals surface area contributed by atoms with E-state index in [2.05, 4.69) is 5.32 Å². The predicted octanol–water partition coefficient (Wildman–Crippen LogP) is 5.39. The van der Waals surface area contributed by atoms with Gasteiger partial charge in [-0.1, -0.05) is 24.3 Å². The number of carbonyl (C=O) groups is 2. The number of benzene rings is 2. The number of thiophene rings is 1. The minimum atomic E-state index is -0.512. The van der Waals surface area contributed by atoms with Crippen LogP contribution in [0.4, 0.5) is 9.39 Å². The third-order valence-electron chi connectivity index (χ3n) is 4.21. The summed E-state index contributed by atoms with van der Waals surface area (Å²) in [6.45, 7) is 1.94. The standard InChI is InChI=1S/C23H20FNO4S/c1-3-29-23(27)21-19(16-7-11-18(28-2)12-8-16)14-30-22(21)25-20(26)13-6-15-4-9-17(24)10-5-15/h4-14H,3H2,1-2H3,(H,25,26)/b13-6+. The summed E-state index contributed by atoms with van der Waals surface area (Å²) in [5.74, 6) is -0.568. The fourth-order valence-electron chi connectivity index (χ4n) is 2.74. The number of rotatable bonds is 7. The Balaban J connectivity index is 1.86. The summed E-state index contributed by atoms with van der Waals surface area (Å²) >= 11 is 1.24. The average molecular weight is 425 g/mol. The number of hydrogen-bond acceptors (Lipinski definition) is 5. The molecule has 0 saturated carbocycles. The van der Waals surface area contributed by atoms with E-state index in [1.807, 2.05) is 12.1 Å². The predicted molar refractivity (Wildman–Crippen MR) is 116 cm³/mol. The molecular weight excluding hydrogens is 405 g/mol. The summed E-state index contributed by atoms with van der Waals surface area (Å²) in [5.41, 5.74) is 2.45. The average Bonchev–Trinajstić information content (AvgIpc) is 3.17. The molecule has 3 rings (SSSR count). The van der Waals surface area contributed by atoms with Crippen LogP contribution in [0.25, 0.3) is 17.2 Å². The molecule has 3 aromatic rings. The van der Waals surface area contributed by atoms with Crippen LogP contribution in [-0.2, 0) is 9.53 Å². The third kappa shape index (κ3) is 5.12. The zero-order valence-electron chi connectivity index (χ0n) is 16.5. The SMILES string of the molecule is CCOC(=O)c1c(-c2ccc(OC)cc2)csc1NC(=O)/C=C/c1ccc(F)cc1. The Bertz CT molecular complexity index is 1060. The zero-order valence-corrected chi connectivity index (χ0v) is 17.3. The zero-order chi connectivity index (χ0) is 21.5. The van der Waals surface area contributed by atoms with Crippen molar-refractivity contribution in [2.45, 2.75) is 6.92 Å². The van der Waals surface area contributed by atoms with Crippen molar-refractivity contribution in [3.05, 3.63) is 76.9 Å². The van der Waals surface area contributed by atoms with E-state index in [0.29, 0.717) is 27.4 Å². The van der Waals surface area contributed by atoms with Crippen LogP contribution in [0, 0.1) is 5.82 Å². The molecule has 0 saturated heterocycles. The van der Waals surface area contributed by atoms with E-state index in [4.69, 9.17) is 9.47 Å². The number of halogens is 1. The van der Waals surface area contributed by atoms with Crippen LogP contribution in [0.3, 0.4) is 0 Å². The van der Waals surface area contributed by atoms with Crippen molar-refractivity contribution in [2.75, 3.05) is 19.0 Å². The molecule has 0 fully saturated rings. The first-order chi connectivity index (χ1) is 14.5. The monoisotopic (exact) mass is 425 g/mol. The number of carbonyl (C=O) groups excluding carboxylic acids is 2. The van der Waals surface area contributed by atoms with Gasteiger partial charge in [0, 0.05) is 17.0 Å². The smallest absolute Gasteiger partial charge is 0.341 e. The van der Waals surface area contributed by atoms with E-state index in [0.717, 1.165) is 5.56 Å². The third-order valence-corrected chi connectivity index (χ3v) is 5.10. The first-order valence-corrected chi connectivity index (χ1v) is 10.1. The Kier molecular flexibility index (Phi) is 6.98. The number of ether oxygens (including phenoxy) is 2. The van der Waals surface area contributed by atoms with E-state index in [9.17, 15) is 14.0 Å². The highest BCUT2D eigenvalue weighted by Gasteiger charge is 2.22. The van der Waals surface area contributed by atoms with E-state index < -0.39 is 11.9 Å². The quantitative estimate of drug-likeness (QED) is 0.407. The highest BCUT2D eigenvalue weighted by molar-refractivity contribution is 7.15. The lowest BCUT2D eigenvalue weighted by molar-refractivity contribution is -0.111. The van der Waals surface area contributed by atoms with Gasteiger partial charge in [-0.25, -0.2) is 9.18 Å². The lowest BCUT2D eigenvalue weighted by atomic mass is 10.0. The maximum absolute atomic E-state index is 13.0. The molecular formula is C23H20FNO4S. The van der Waals surface area contributed by atoms with Gasteiger partial charge in [0.2, 0.25) is 5.91 Å². The fraction of sp³-hybridized carbons (Fsp3) is 0.130. The van der Waals surface area contributed by atoms with Gasteiger partial charge >= 0.3 is 5.97 Å².